The van der Waals surface area contributed by atoms with Crippen LogP contribution in [0.5, 0.6) is 11.5 Å². The molecule has 3 aromatic carbocycles. The number of rotatable bonds is 13. The van der Waals surface area contributed by atoms with Gasteiger partial charge in [-0.25, -0.2) is 8.42 Å². The molecule has 1 aliphatic carbocycles. The number of anilines is 1. The van der Waals surface area contributed by atoms with E-state index >= 15 is 0 Å². The Morgan fingerprint density at radius 3 is 2.24 bits per heavy atom. The standard InChI is InChI=1S/C33H39Cl2N3O6S/c1-43-30-17-16-27(20-31(30)44-2)38(45(3,41)42)22-32(39)37(21-24-14-15-25(34)19-28(24)35)29(18-23-10-6-4-7-11-23)33(40)36-26-12-8-5-9-13-26/h4,6-7,10-11,14-17,19-20,26,29H,5,8-9,12-13,18,21-22H2,1-3H3,(H,36,40)/t29-/m1/s1. The summed E-state index contributed by atoms with van der Waals surface area (Å²) in [7, 11) is -1.05. The zero-order chi connectivity index (χ0) is 32.6. The van der Waals surface area contributed by atoms with Crippen molar-refractivity contribution in [3.8, 4) is 11.5 Å². The monoisotopic (exact) mass is 675 g/mol. The molecule has 45 heavy (non-hydrogen) atoms. The summed E-state index contributed by atoms with van der Waals surface area (Å²) in [6.07, 6.45) is 6.12. The first-order valence-corrected chi connectivity index (χ1v) is 17.4. The van der Waals surface area contributed by atoms with Crippen LogP contribution in [0.2, 0.25) is 10.0 Å². The number of hydrogen-bond acceptors (Lipinski definition) is 6. The van der Waals surface area contributed by atoms with Crippen molar-refractivity contribution in [2.24, 2.45) is 0 Å². The lowest BCUT2D eigenvalue weighted by Gasteiger charge is -2.35. The molecule has 242 valence electrons. The van der Waals surface area contributed by atoms with Crippen LogP contribution in [0.25, 0.3) is 0 Å². The quantitative estimate of drug-likeness (QED) is 0.243. The molecule has 4 rings (SSSR count). The number of carbonyl (C=O) groups excluding carboxylic acids is 2. The van der Waals surface area contributed by atoms with Crippen molar-refractivity contribution in [1.82, 2.24) is 10.2 Å². The third-order valence-electron chi connectivity index (χ3n) is 7.91. The highest BCUT2D eigenvalue weighted by Crippen LogP contribution is 2.33. The van der Waals surface area contributed by atoms with Crippen LogP contribution in [-0.2, 0) is 32.6 Å². The maximum atomic E-state index is 14.4. The third-order valence-corrected chi connectivity index (χ3v) is 9.64. The van der Waals surface area contributed by atoms with Crippen LogP contribution in [0.1, 0.15) is 43.2 Å². The van der Waals surface area contributed by atoms with Gasteiger partial charge in [-0.2, -0.15) is 0 Å². The van der Waals surface area contributed by atoms with Gasteiger partial charge in [-0.15, -0.1) is 0 Å². The van der Waals surface area contributed by atoms with Crippen molar-refractivity contribution in [2.45, 2.75) is 57.2 Å². The van der Waals surface area contributed by atoms with Crippen LogP contribution in [0, 0.1) is 0 Å². The van der Waals surface area contributed by atoms with Crippen LogP contribution >= 0.6 is 23.2 Å². The molecule has 0 unspecified atom stereocenters. The molecule has 1 N–H and O–H groups in total. The maximum Gasteiger partial charge on any atom is 0.244 e. The van der Waals surface area contributed by atoms with Crippen LogP contribution in [0.15, 0.2) is 66.7 Å². The number of sulfonamides is 1. The van der Waals surface area contributed by atoms with Crippen LogP contribution in [0.3, 0.4) is 0 Å². The van der Waals surface area contributed by atoms with E-state index in [1.54, 1.807) is 24.3 Å². The van der Waals surface area contributed by atoms with Crippen molar-refractivity contribution < 1.29 is 27.5 Å². The van der Waals surface area contributed by atoms with Gasteiger partial charge in [0.2, 0.25) is 21.8 Å². The second-order valence-corrected chi connectivity index (χ2v) is 13.9. The lowest BCUT2D eigenvalue weighted by molar-refractivity contribution is -0.140. The van der Waals surface area contributed by atoms with Crippen LogP contribution in [-0.4, -0.2) is 64.2 Å². The van der Waals surface area contributed by atoms with Crippen LogP contribution < -0.4 is 19.1 Å². The lowest BCUT2D eigenvalue weighted by Crippen LogP contribution is -2.55. The Balaban J connectivity index is 1.76. The number of hydrogen-bond donors (Lipinski definition) is 1. The van der Waals surface area contributed by atoms with E-state index in [1.807, 2.05) is 30.3 Å². The Labute approximate surface area is 275 Å². The molecule has 2 amide bonds. The minimum atomic E-state index is -3.96. The molecule has 0 radical (unpaired) electrons. The summed E-state index contributed by atoms with van der Waals surface area (Å²) >= 11 is 12.7. The van der Waals surface area contributed by atoms with Gasteiger partial charge in [0.25, 0.3) is 0 Å². The Bertz CT molecular complexity index is 1580. The first kappa shape index (κ1) is 34.4. The largest absolute Gasteiger partial charge is 0.493 e. The number of methoxy groups -OCH3 is 2. The molecular weight excluding hydrogens is 637 g/mol. The van der Waals surface area contributed by atoms with Crippen LogP contribution in [0.4, 0.5) is 5.69 Å². The summed E-state index contributed by atoms with van der Waals surface area (Å²) in [5.41, 5.74) is 1.62. The fourth-order valence-electron chi connectivity index (χ4n) is 5.53. The van der Waals surface area contributed by atoms with E-state index in [4.69, 9.17) is 32.7 Å². The van der Waals surface area contributed by atoms with E-state index in [-0.39, 0.29) is 30.6 Å². The molecule has 0 aromatic heterocycles. The molecule has 12 heteroatoms. The minimum absolute atomic E-state index is 0.000114. The van der Waals surface area contributed by atoms with Crippen molar-refractivity contribution in [3.05, 3.63) is 87.9 Å². The zero-order valence-electron chi connectivity index (χ0n) is 25.7. The number of ether oxygens (including phenoxy) is 2. The highest BCUT2D eigenvalue weighted by atomic mass is 35.5. The van der Waals surface area contributed by atoms with Gasteiger partial charge in [0.1, 0.15) is 12.6 Å². The molecule has 1 atom stereocenters. The molecule has 0 spiro atoms. The Kier molecular flexibility index (Phi) is 12.0. The van der Waals surface area contributed by atoms with Crippen molar-refractivity contribution in [1.29, 1.82) is 0 Å². The number of halogens is 2. The molecule has 1 fully saturated rings. The molecule has 0 bridgehead atoms. The molecule has 3 aromatic rings. The molecule has 0 heterocycles. The summed E-state index contributed by atoms with van der Waals surface area (Å²) in [6.45, 7) is -0.616. The maximum absolute atomic E-state index is 14.4. The second-order valence-electron chi connectivity index (χ2n) is 11.1. The normalized spacial score (nSPS) is 14.3. The van der Waals surface area contributed by atoms with Gasteiger partial charge < -0.3 is 19.7 Å². The van der Waals surface area contributed by atoms with E-state index < -0.39 is 28.5 Å². The summed E-state index contributed by atoms with van der Waals surface area (Å²) in [4.78, 5) is 29.9. The third kappa shape index (κ3) is 9.28. The number of nitrogens with zero attached hydrogens (tertiary/aromatic N) is 2. The van der Waals surface area contributed by atoms with E-state index in [9.17, 15) is 18.0 Å². The molecule has 0 saturated heterocycles. The van der Waals surface area contributed by atoms with Gasteiger partial charge >= 0.3 is 0 Å². The molecular formula is C33H39Cl2N3O6S. The summed E-state index contributed by atoms with van der Waals surface area (Å²) in [5.74, 6) is -0.181. The highest BCUT2D eigenvalue weighted by Gasteiger charge is 2.34. The average molecular weight is 677 g/mol. The fraction of sp³-hybridized carbons (Fsp3) is 0.394. The van der Waals surface area contributed by atoms with Crippen molar-refractivity contribution in [3.63, 3.8) is 0 Å². The van der Waals surface area contributed by atoms with Gasteiger partial charge in [0, 0.05) is 35.1 Å². The predicted octanol–water partition coefficient (Wildman–Crippen LogP) is 5.87. The second kappa shape index (κ2) is 15.7. The summed E-state index contributed by atoms with van der Waals surface area (Å²) in [6, 6.07) is 18.0. The average Bonchev–Trinajstić information content (AvgIpc) is 3.02. The Morgan fingerprint density at radius 1 is 0.933 bits per heavy atom. The SMILES string of the molecule is COc1ccc(N(CC(=O)N(Cc2ccc(Cl)cc2Cl)[C@H](Cc2ccccc2)C(=O)NC2CCCCC2)S(C)(=O)=O)cc1OC. The van der Waals surface area contributed by atoms with Gasteiger partial charge in [-0.05, 0) is 48.2 Å². The van der Waals surface area contributed by atoms with Gasteiger partial charge in [-0.1, -0.05) is 78.9 Å². The Hall–Kier alpha value is -3.47. The zero-order valence-corrected chi connectivity index (χ0v) is 28.0. The highest BCUT2D eigenvalue weighted by molar-refractivity contribution is 7.92. The number of nitrogens with one attached hydrogen (secondary N) is 1. The number of benzene rings is 3. The molecule has 0 aliphatic heterocycles. The first-order valence-electron chi connectivity index (χ1n) is 14.8. The van der Waals surface area contributed by atoms with Gasteiger partial charge in [-0.3, -0.25) is 13.9 Å². The van der Waals surface area contributed by atoms with Gasteiger partial charge in [0.05, 0.1) is 26.2 Å². The Morgan fingerprint density at radius 2 is 1.62 bits per heavy atom. The first-order chi connectivity index (χ1) is 21.5. The molecule has 1 saturated carbocycles. The number of amides is 2. The lowest BCUT2D eigenvalue weighted by atomic mass is 9.94. The smallest absolute Gasteiger partial charge is 0.244 e. The minimum Gasteiger partial charge on any atom is -0.493 e. The predicted molar refractivity (Wildman–Crippen MR) is 178 cm³/mol. The topological polar surface area (TPSA) is 105 Å². The van der Waals surface area contributed by atoms with E-state index in [1.165, 1.54) is 31.3 Å². The number of carbonyl (C=O) groups is 2. The van der Waals surface area contributed by atoms with Crippen molar-refractivity contribution in [2.75, 3.05) is 31.3 Å². The fourth-order valence-corrected chi connectivity index (χ4v) is 6.84. The van der Waals surface area contributed by atoms with E-state index in [0.717, 1.165) is 48.2 Å². The van der Waals surface area contributed by atoms with E-state index in [2.05, 4.69) is 5.32 Å². The summed E-state index contributed by atoms with van der Waals surface area (Å²) < 4.78 is 37.9. The van der Waals surface area contributed by atoms with Crippen molar-refractivity contribution >= 4 is 50.7 Å². The van der Waals surface area contributed by atoms with Gasteiger partial charge in [0.15, 0.2) is 11.5 Å². The molecule has 1 aliphatic rings. The summed E-state index contributed by atoms with van der Waals surface area (Å²) in [5, 5.41) is 3.93. The molecule has 9 nitrogen and oxygen atoms in total. The van der Waals surface area contributed by atoms with E-state index in [0.29, 0.717) is 27.1 Å².